The Balaban J connectivity index is 1.76. The summed E-state index contributed by atoms with van der Waals surface area (Å²) in [6.45, 7) is 0.458. The molecule has 0 atom stereocenters. The molecule has 0 aliphatic heterocycles. The number of nitrogens with zero attached hydrogens (tertiary/aromatic N) is 2. The third kappa shape index (κ3) is 4.28. The number of amides is 1. The molecule has 0 spiro atoms. The van der Waals surface area contributed by atoms with Crippen molar-refractivity contribution in [1.82, 2.24) is 4.98 Å². The molecule has 0 aliphatic carbocycles. The van der Waals surface area contributed by atoms with Gasteiger partial charge in [-0.05, 0) is 48.2 Å². The largest absolute Gasteiger partial charge is 0.497 e. The SMILES string of the molecule is COc1ccc2nc(N(Cc3ccccc3)C(=O)c3cccc(SC)c3)sc2c1. The molecule has 29 heavy (non-hydrogen) atoms. The van der Waals surface area contributed by atoms with Crippen molar-refractivity contribution in [3.63, 3.8) is 0 Å². The lowest BCUT2D eigenvalue weighted by Crippen LogP contribution is -2.30. The number of thiazole rings is 1. The Morgan fingerprint density at radius 2 is 1.90 bits per heavy atom. The fourth-order valence-electron chi connectivity index (χ4n) is 3.04. The molecule has 1 aromatic heterocycles. The van der Waals surface area contributed by atoms with Gasteiger partial charge < -0.3 is 4.74 Å². The Labute approximate surface area is 178 Å². The number of hydrogen-bond donors (Lipinski definition) is 0. The summed E-state index contributed by atoms with van der Waals surface area (Å²) in [6.07, 6.45) is 2.01. The first-order chi connectivity index (χ1) is 14.2. The average Bonchev–Trinajstić information content (AvgIpc) is 3.20. The number of anilines is 1. The summed E-state index contributed by atoms with van der Waals surface area (Å²) in [5.41, 5.74) is 2.57. The van der Waals surface area contributed by atoms with Crippen molar-refractivity contribution in [2.24, 2.45) is 0 Å². The van der Waals surface area contributed by atoms with Crippen LogP contribution in [0, 0.1) is 0 Å². The van der Waals surface area contributed by atoms with Crippen molar-refractivity contribution in [2.45, 2.75) is 11.4 Å². The second-order valence-electron chi connectivity index (χ2n) is 6.44. The third-order valence-electron chi connectivity index (χ3n) is 4.56. The molecule has 3 aromatic carbocycles. The van der Waals surface area contributed by atoms with E-state index in [1.54, 1.807) is 23.8 Å². The van der Waals surface area contributed by atoms with Crippen molar-refractivity contribution < 1.29 is 9.53 Å². The van der Waals surface area contributed by atoms with Crippen LogP contribution in [0.15, 0.2) is 77.7 Å². The van der Waals surface area contributed by atoms with Gasteiger partial charge in [-0.15, -0.1) is 11.8 Å². The molecule has 4 rings (SSSR count). The van der Waals surface area contributed by atoms with Crippen LogP contribution in [-0.4, -0.2) is 24.3 Å². The van der Waals surface area contributed by atoms with Gasteiger partial charge in [-0.25, -0.2) is 4.98 Å². The second kappa shape index (κ2) is 8.68. The van der Waals surface area contributed by atoms with Gasteiger partial charge >= 0.3 is 0 Å². The van der Waals surface area contributed by atoms with Gasteiger partial charge in [-0.2, -0.15) is 0 Å². The molecule has 4 nitrogen and oxygen atoms in total. The van der Waals surface area contributed by atoms with Crippen LogP contribution in [0.1, 0.15) is 15.9 Å². The lowest BCUT2D eigenvalue weighted by atomic mass is 10.1. The van der Waals surface area contributed by atoms with E-state index in [0.717, 1.165) is 26.4 Å². The Morgan fingerprint density at radius 3 is 2.66 bits per heavy atom. The van der Waals surface area contributed by atoms with Gasteiger partial charge in [0.2, 0.25) is 0 Å². The zero-order chi connectivity index (χ0) is 20.2. The number of rotatable bonds is 6. The zero-order valence-corrected chi connectivity index (χ0v) is 17.8. The van der Waals surface area contributed by atoms with Gasteiger partial charge in [0.15, 0.2) is 5.13 Å². The number of carbonyl (C=O) groups excluding carboxylic acids is 1. The van der Waals surface area contributed by atoms with Gasteiger partial charge in [0.25, 0.3) is 5.91 Å². The topological polar surface area (TPSA) is 42.4 Å². The quantitative estimate of drug-likeness (QED) is 0.366. The molecule has 0 N–H and O–H groups in total. The summed E-state index contributed by atoms with van der Waals surface area (Å²) < 4.78 is 6.31. The van der Waals surface area contributed by atoms with E-state index in [0.29, 0.717) is 17.2 Å². The first-order valence-corrected chi connectivity index (χ1v) is 11.2. The average molecular weight is 421 g/mol. The summed E-state index contributed by atoms with van der Waals surface area (Å²) in [5.74, 6) is 0.720. The van der Waals surface area contributed by atoms with Gasteiger partial charge in [-0.1, -0.05) is 47.7 Å². The molecule has 0 aliphatic rings. The molecule has 0 unspecified atom stereocenters. The number of aromatic nitrogens is 1. The lowest BCUT2D eigenvalue weighted by Gasteiger charge is -2.20. The van der Waals surface area contributed by atoms with Crippen LogP contribution in [0.4, 0.5) is 5.13 Å². The van der Waals surface area contributed by atoms with Gasteiger partial charge in [-0.3, -0.25) is 9.69 Å². The predicted octanol–water partition coefficient (Wildman–Crippen LogP) is 5.87. The number of benzene rings is 3. The maximum absolute atomic E-state index is 13.5. The molecular weight excluding hydrogens is 400 g/mol. The van der Waals surface area contributed by atoms with Crippen LogP contribution in [-0.2, 0) is 6.54 Å². The number of hydrogen-bond acceptors (Lipinski definition) is 5. The van der Waals surface area contributed by atoms with E-state index in [4.69, 9.17) is 9.72 Å². The fourth-order valence-corrected chi connectivity index (χ4v) is 4.49. The first-order valence-electron chi connectivity index (χ1n) is 9.12. The van der Waals surface area contributed by atoms with Crippen molar-refractivity contribution in [2.75, 3.05) is 18.3 Å². The summed E-state index contributed by atoms with van der Waals surface area (Å²) in [7, 11) is 1.65. The summed E-state index contributed by atoms with van der Waals surface area (Å²) in [5, 5.41) is 0.677. The minimum Gasteiger partial charge on any atom is -0.497 e. The van der Waals surface area contributed by atoms with Crippen LogP contribution in [0.3, 0.4) is 0 Å². The van der Waals surface area contributed by atoms with Gasteiger partial charge in [0, 0.05) is 10.5 Å². The number of fused-ring (bicyclic) bond motifs is 1. The maximum atomic E-state index is 13.5. The highest BCUT2D eigenvalue weighted by molar-refractivity contribution is 7.98. The van der Waals surface area contributed by atoms with E-state index < -0.39 is 0 Å². The van der Waals surface area contributed by atoms with E-state index >= 15 is 0 Å². The Hall–Kier alpha value is -2.83. The molecule has 0 fully saturated rings. The standard InChI is InChI=1S/C23H20N2O2S2/c1-27-18-11-12-20-21(14-18)29-23(24-20)25(15-16-7-4-3-5-8-16)22(26)17-9-6-10-19(13-17)28-2/h3-14H,15H2,1-2H3. The van der Waals surface area contributed by atoms with Crippen molar-refractivity contribution in [3.8, 4) is 5.75 Å². The zero-order valence-electron chi connectivity index (χ0n) is 16.2. The molecule has 6 heteroatoms. The molecule has 1 amide bonds. The van der Waals surface area contributed by atoms with Crippen molar-refractivity contribution in [3.05, 3.63) is 83.9 Å². The van der Waals surface area contributed by atoms with E-state index in [-0.39, 0.29) is 5.91 Å². The molecule has 1 heterocycles. The van der Waals surface area contributed by atoms with E-state index in [1.807, 2.05) is 79.1 Å². The minimum atomic E-state index is -0.0595. The lowest BCUT2D eigenvalue weighted by molar-refractivity contribution is 0.0985. The highest BCUT2D eigenvalue weighted by Gasteiger charge is 2.22. The molecule has 0 bridgehead atoms. The van der Waals surface area contributed by atoms with E-state index in [9.17, 15) is 4.79 Å². The Morgan fingerprint density at radius 1 is 1.07 bits per heavy atom. The molecule has 0 saturated carbocycles. The Bertz CT molecular complexity index is 1140. The normalized spacial score (nSPS) is 10.8. The number of carbonyl (C=O) groups is 1. The molecule has 146 valence electrons. The van der Waals surface area contributed by atoms with E-state index in [1.165, 1.54) is 11.3 Å². The summed E-state index contributed by atoms with van der Waals surface area (Å²) in [4.78, 5) is 21.0. The maximum Gasteiger partial charge on any atom is 0.260 e. The third-order valence-corrected chi connectivity index (χ3v) is 6.33. The second-order valence-corrected chi connectivity index (χ2v) is 8.33. The predicted molar refractivity (Wildman–Crippen MR) is 121 cm³/mol. The summed E-state index contributed by atoms with van der Waals surface area (Å²) >= 11 is 3.12. The van der Waals surface area contributed by atoms with Crippen LogP contribution in [0.5, 0.6) is 5.75 Å². The Kier molecular flexibility index (Phi) is 5.83. The first kappa shape index (κ1) is 19.5. The number of thioether (sulfide) groups is 1. The number of ether oxygens (including phenoxy) is 1. The number of methoxy groups -OCH3 is 1. The van der Waals surface area contributed by atoms with Gasteiger partial charge in [0.05, 0.1) is 23.9 Å². The van der Waals surface area contributed by atoms with Crippen LogP contribution in [0.2, 0.25) is 0 Å². The highest BCUT2D eigenvalue weighted by atomic mass is 32.2. The smallest absolute Gasteiger partial charge is 0.260 e. The molecular formula is C23H20N2O2S2. The fraction of sp³-hybridized carbons (Fsp3) is 0.130. The van der Waals surface area contributed by atoms with E-state index in [2.05, 4.69) is 0 Å². The summed E-state index contributed by atoms with van der Waals surface area (Å²) in [6, 6.07) is 23.5. The van der Waals surface area contributed by atoms with Crippen LogP contribution >= 0.6 is 23.1 Å². The highest BCUT2D eigenvalue weighted by Crippen LogP contribution is 2.33. The molecule has 0 radical (unpaired) electrons. The molecule has 0 saturated heterocycles. The van der Waals surface area contributed by atoms with Gasteiger partial charge in [0.1, 0.15) is 5.75 Å². The van der Waals surface area contributed by atoms with Crippen molar-refractivity contribution >= 4 is 44.4 Å². The van der Waals surface area contributed by atoms with Crippen molar-refractivity contribution in [1.29, 1.82) is 0 Å². The van der Waals surface area contributed by atoms with Crippen LogP contribution in [0.25, 0.3) is 10.2 Å². The van der Waals surface area contributed by atoms with Crippen LogP contribution < -0.4 is 9.64 Å². The minimum absolute atomic E-state index is 0.0595. The molecule has 4 aromatic rings. The monoisotopic (exact) mass is 420 g/mol.